The number of carbonyl (C=O) groups is 1. The first-order valence-electron chi connectivity index (χ1n) is 12.8. The molecule has 9 heteroatoms. The molecule has 2 heterocycles. The molecule has 0 spiro atoms. The zero-order chi connectivity index (χ0) is 28.2. The minimum absolute atomic E-state index is 0.212. The van der Waals surface area contributed by atoms with Crippen LogP contribution in [-0.2, 0) is 13.2 Å². The number of carboxylic acid groups (broad SMARTS) is 1. The zero-order valence-corrected chi connectivity index (χ0v) is 23.9. The lowest BCUT2D eigenvalue weighted by Crippen LogP contribution is -2.30. The van der Waals surface area contributed by atoms with Crippen molar-refractivity contribution in [3.8, 4) is 28.3 Å². The molecule has 3 aromatic carbocycles. The van der Waals surface area contributed by atoms with Gasteiger partial charge in [-0.1, -0.05) is 12.1 Å². The van der Waals surface area contributed by atoms with E-state index in [1.165, 1.54) is 12.1 Å². The van der Waals surface area contributed by atoms with Gasteiger partial charge in [0.2, 0.25) is 0 Å². The van der Waals surface area contributed by atoms with E-state index in [1.54, 1.807) is 46.9 Å². The molecule has 0 aliphatic rings. The van der Waals surface area contributed by atoms with Gasteiger partial charge in [-0.15, -0.1) is 22.7 Å². The molecular formula is C31H28FN3O3S2. The summed E-state index contributed by atoms with van der Waals surface area (Å²) in [6, 6.07) is 21.4. The first-order valence-corrected chi connectivity index (χ1v) is 14.5. The fourth-order valence-corrected chi connectivity index (χ4v) is 6.06. The van der Waals surface area contributed by atoms with Crippen molar-refractivity contribution in [2.75, 3.05) is 4.90 Å². The Morgan fingerprint density at radius 2 is 1.65 bits per heavy atom. The molecule has 0 unspecified atom stereocenters. The second-order valence-electron chi connectivity index (χ2n) is 9.56. The highest BCUT2D eigenvalue weighted by atomic mass is 32.1. The quantitative estimate of drug-likeness (QED) is 0.182. The van der Waals surface area contributed by atoms with Crippen molar-refractivity contribution in [3.63, 3.8) is 0 Å². The second kappa shape index (κ2) is 12.0. The molecule has 5 rings (SSSR count). The van der Waals surface area contributed by atoms with E-state index in [-0.39, 0.29) is 17.4 Å². The zero-order valence-electron chi connectivity index (χ0n) is 22.3. The maximum atomic E-state index is 13.4. The summed E-state index contributed by atoms with van der Waals surface area (Å²) in [6.07, 6.45) is 0. The molecule has 1 N–H and O–H groups in total. The van der Waals surface area contributed by atoms with Gasteiger partial charge in [0.25, 0.3) is 0 Å². The summed E-state index contributed by atoms with van der Waals surface area (Å²) >= 11 is 3.16. The molecule has 0 saturated heterocycles. The highest BCUT2D eigenvalue weighted by molar-refractivity contribution is 7.14. The number of ether oxygens (including phenoxy) is 1. The maximum Gasteiger partial charge on any atom is 0.335 e. The highest BCUT2D eigenvalue weighted by Crippen LogP contribution is 2.32. The third-order valence-corrected chi connectivity index (χ3v) is 8.18. The van der Waals surface area contributed by atoms with E-state index >= 15 is 0 Å². The number of carboxylic acids is 1. The summed E-state index contributed by atoms with van der Waals surface area (Å²) in [5.74, 6) is -0.462. The van der Waals surface area contributed by atoms with Crippen LogP contribution in [0.2, 0.25) is 0 Å². The number of thiazole rings is 2. The molecule has 0 aliphatic heterocycles. The predicted octanol–water partition coefficient (Wildman–Crippen LogP) is 8.07. The Balaban J connectivity index is 1.26. The molecule has 204 valence electrons. The van der Waals surface area contributed by atoms with Crippen LogP contribution in [0.15, 0.2) is 78.2 Å². The van der Waals surface area contributed by atoms with Gasteiger partial charge in [-0.05, 0) is 87.0 Å². The molecule has 0 amide bonds. The van der Waals surface area contributed by atoms with E-state index in [2.05, 4.69) is 23.7 Å². The van der Waals surface area contributed by atoms with E-state index in [9.17, 15) is 9.18 Å². The number of hydrogen-bond acceptors (Lipinski definition) is 7. The lowest BCUT2D eigenvalue weighted by Gasteiger charge is -2.26. The van der Waals surface area contributed by atoms with E-state index in [4.69, 9.17) is 14.8 Å². The van der Waals surface area contributed by atoms with E-state index in [1.807, 2.05) is 48.7 Å². The van der Waals surface area contributed by atoms with Gasteiger partial charge in [0.15, 0.2) is 5.13 Å². The van der Waals surface area contributed by atoms with Gasteiger partial charge in [0, 0.05) is 29.1 Å². The van der Waals surface area contributed by atoms with Crippen molar-refractivity contribution in [2.45, 2.75) is 40.0 Å². The SMILES string of the molecule is Cc1nc(-c2ccc(F)cc2)c(COc2ccc(-c3csc(N(Cc4ccc(C(=O)O)cc4)C(C)C)n3)cc2)s1. The summed E-state index contributed by atoms with van der Waals surface area (Å²) < 4.78 is 19.4. The number of aromatic nitrogens is 2. The van der Waals surface area contributed by atoms with E-state index in [0.717, 1.165) is 48.8 Å². The number of halogens is 1. The third-order valence-electron chi connectivity index (χ3n) is 6.36. The van der Waals surface area contributed by atoms with Crippen LogP contribution in [0, 0.1) is 12.7 Å². The highest BCUT2D eigenvalue weighted by Gasteiger charge is 2.17. The van der Waals surface area contributed by atoms with Crippen LogP contribution in [0.1, 0.15) is 39.7 Å². The maximum absolute atomic E-state index is 13.4. The number of aromatic carboxylic acids is 1. The van der Waals surface area contributed by atoms with Crippen molar-refractivity contribution < 1.29 is 19.0 Å². The molecule has 40 heavy (non-hydrogen) atoms. The molecule has 0 saturated carbocycles. The average molecular weight is 574 g/mol. The molecule has 0 fully saturated rings. The normalized spacial score (nSPS) is 11.1. The van der Waals surface area contributed by atoms with Gasteiger partial charge in [0.05, 0.1) is 26.8 Å². The van der Waals surface area contributed by atoms with Gasteiger partial charge < -0.3 is 14.7 Å². The number of rotatable bonds is 10. The molecule has 6 nitrogen and oxygen atoms in total. The van der Waals surface area contributed by atoms with Crippen molar-refractivity contribution in [2.24, 2.45) is 0 Å². The smallest absolute Gasteiger partial charge is 0.335 e. The van der Waals surface area contributed by atoms with Crippen LogP contribution >= 0.6 is 22.7 Å². The molecule has 0 atom stereocenters. The van der Waals surface area contributed by atoms with Crippen LogP contribution in [0.25, 0.3) is 22.5 Å². The number of aryl methyl sites for hydroxylation is 1. The number of benzene rings is 3. The number of anilines is 1. The number of nitrogens with zero attached hydrogens (tertiary/aromatic N) is 3. The van der Waals surface area contributed by atoms with Crippen molar-refractivity contribution in [3.05, 3.63) is 105 Å². The van der Waals surface area contributed by atoms with Gasteiger partial charge in [-0.3, -0.25) is 0 Å². The summed E-state index contributed by atoms with van der Waals surface area (Å²) in [4.78, 5) is 23.9. The Labute approximate surface area is 240 Å². The van der Waals surface area contributed by atoms with Crippen LogP contribution in [0.5, 0.6) is 5.75 Å². The molecule has 0 bridgehead atoms. The first-order chi connectivity index (χ1) is 19.3. The number of hydrogen-bond donors (Lipinski definition) is 1. The van der Waals surface area contributed by atoms with Crippen molar-refractivity contribution >= 4 is 33.8 Å². The van der Waals surface area contributed by atoms with Crippen molar-refractivity contribution in [1.29, 1.82) is 0 Å². The van der Waals surface area contributed by atoms with Crippen LogP contribution in [0.3, 0.4) is 0 Å². The van der Waals surface area contributed by atoms with Crippen LogP contribution in [0.4, 0.5) is 9.52 Å². The Morgan fingerprint density at radius 3 is 2.30 bits per heavy atom. The topological polar surface area (TPSA) is 75.5 Å². The Morgan fingerprint density at radius 1 is 0.975 bits per heavy atom. The molecule has 2 aromatic heterocycles. The molecular weight excluding hydrogens is 545 g/mol. The summed E-state index contributed by atoms with van der Waals surface area (Å²) in [6.45, 7) is 7.19. The average Bonchev–Trinajstić information content (AvgIpc) is 3.58. The Bertz CT molecular complexity index is 1590. The minimum Gasteiger partial charge on any atom is -0.488 e. The summed E-state index contributed by atoms with van der Waals surface area (Å²) in [7, 11) is 0. The monoisotopic (exact) mass is 573 g/mol. The fourth-order valence-electron chi connectivity index (χ4n) is 4.22. The Hall–Kier alpha value is -4.08. The van der Waals surface area contributed by atoms with Crippen LogP contribution < -0.4 is 9.64 Å². The van der Waals surface area contributed by atoms with Gasteiger partial charge >= 0.3 is 5.97 Å². The first kappa shape index (κ1) is 27.5. The predicted molar refractivity (Wildman–Crippen MR) is 159 cm³/mol. The second-order valence-corrected chi connectivity index (χ2v) is 11.7. The van der Waals surface area contributed by atoms with Crippen molar-refractivity contribution in [1.82, 2.24) is 9.97 Å². The summed E-state index contributed by atoms with van der Waals surface area (Å²) in [5.41, 5.74) is 4.86. The lowest BCUT2D eigenvalue weighted by molar-refractivity contribution is 0.0697. The molecule has 0 aliphatic carbocycles. The van der Waals surface area contributed by atoms with Gasteiger partial charge in [0.1, 0.15) is 18.2 Å². The lowest BCUT2D eigenvalue weighted by atomic mass is 10.1. The fraction of sp³-hybridized carbons (Fsp3) is 0.194. The minimum atomic E-state index is -0.929. The third kappa shape index (κ3) is 6.38. The standard InChI is InChI=1S/C31H28FN3O3S2/c1-19(2)35(16-21-4-6-24(7-5-21)30(36)37)31-34-27(18-39-31)22-10-14-26(15-11-22)38-17-28-29(33-20(3)40-28)23-8-12-25(32)13-9-23/h4-15,18-19H,16-17H2,1-3H3,(H,36,37). The largest absolute Gasteiger partial charge is 0.488 e. The van der Waals surface area contributed by atoms with Crippen LogP contribution in [-0.4, -0.2) is 27.1 Å². The summed E-state index contributed by atoms with van der Waals surface area (Å²) in [5, 5.41) is 13.0. The van der Waals surface area contributed by atoms with Gasteiger partial charge in [-0.25, -0.2) is 19.2 Å². The van der Waals surface area contributed by atoms with E-state index in [0.29, 0.717) is 13.2 Å². The molecule has 0 radical (unpaired) electrons. The Kier molecular flexibility index (Phi) is 8.23. The van der Waals surface area contributed by atoms with Gasteiger partial charge in [-0.2, -0.15) is 0 Å². The molecule has 5 aromatic rings. The van der Waals surface area contributed by atoms with E-state index < -0.39 is 5.97 Å².